The van der Waals surface area contributed by atoms with E-state index in [0.717, 1.165) is 22.0 Å². The zero-order chi connectivity index (χ0) is 12.5. The monoisotopic (exact) mass is 254 g/mol. The summed E-state index contributed by atoms with van der Waals surface area (Å²) in [5.41, 5.74) is 1.15. The van der Waals surface area contributed by atoms with Crippen LogP contribution in [0, 0.1) is 6.92 Å². The van der Waals surface area contributed by atoms with E-state index in [2.05, 4.69) is 0 Å². The number of hydrogen-bond acceptors (Lipinski definition) is 4. The SMILES string of the molecule is Cc1cc2c(cc1SC(C)(C)CO)OCCO2. The first kappa shape index (κ1) is 12.6. The van der Waals surface area contributed by atoms with E-state index in [-0.39, 0.29) is 11.4 Å². The lowest BCUT2D eigenvalue weighted by atomic mass is 10.2. The summed E-state index contributed by atoms with van der Waals surface area (Å²) in [6, 6.07) is 4.01. The van der Waals surface area contributed by atoms with Crippen molar-refractivity contribution < 1.29 is 14.6 Å². The number of thioether (sulfide) groups is 1. The molecule has 0 saturated carbocycles. The summed E-state index contributed by atoms with van der Waals surface area (Å²) in [6.07, 6.45) is 0. The molecule has 0 aliphatic carbocycles. The molecule has 0 saturated heterocycles. The van der Waals surface area contributed by atoms with E-state index in [1.54, 1.807) is 11.8 Å². The fourth-order valence-electron chi connectivity index (χ4n) is 1.61. The summed E-state index contributed by atoms with van der Waals surface area (Å²) in [5.74, 6) is 1.62. The van der Waals surface area contributed by atoms with Crippen LogP contribution in [0.5, 0.6) is 11.5 Å². The van der Waals surface area contributed by atoms with Crippen molar-refractivity contribution in [2.45, 2.75) is 30.4 Å². The first-order valence-electron chi connectivity index (χ1n) is 5.72. The summed E-state index contributed by atoms with van der Waals surface area (Å²) in [5, 5.41) is 9.31. The van der Waals surface area contributed by atoms with Gasteiger partial charge in [-0.2, -0.15) is 0 Å². The molecule has 0 bridgehead atoms. The van der Waals surface area contributed by atoms with Crippen LogP contribution in [0.15, 0.2) is 17.0 Å². The molecule has 1 aromatic rings. The Morgan fingerprint density at radius 1 is 1.24 bits per heavy atom. The van der Waals surface area contributed by atoms with Crippen molar-refractivity contribution >= 4 is 11.8 Å². The molecule has 0 aromatic heterocycles. The van der Waals surface area contributed by atoms with Gasteiger partial charge < -0.3 is 14.6 Å². The molecule has 94 valence electrons. The fraction of sp³-hybridized carbons (Fsp3) is 0.538. The number of aliphatic hydroxyl groups is 1. The van der Waals surface area contributed by atoms with Crippen molar-refractivity contribution in [3.63, 3.8) is 0 Å². The Morgan fingerprint density at radius 2 is 1.82 bits per heavy atom. The van der Waals surface area contributed by atoms with Gasteiger partial charge in [0.05, 0.1) is 6.61 Å². The molecular weight excluding hydrogens is 236 g/mol. The number of rotatable bonds is 3. The van der Waals surface area contributed by atoms with E-state index in [1.807, 2.05) is 32.9 Å². The Kier molecular flexibility index (Phi) is 3.54. The summed E-state index contributed by atoms with van der Waals surface area (Å²) in [6.45, 7) is 7.45. The maximum Gasteiger partial charge on any atom is 0.162 e. The smallest absolute Gasteiger partial charge is 0.162 e. The highest BCUT2D eigenvalue weighted by Crippen LogP contribution is 2.40. The number of hydrogen-bond donors (Lipinski definition) is 1. The molecule has 1 heterocycles. The van der Waals surface area contributed by atoms with E-state index >= 15 is 0 Å². The summed E-state index contributed by atoms with van der Waals surface area (Å²) >= 11 is 1.66. The van der Waals surface area contributed by atoms with Crippen molar-refractivity contribution in [2.24, 2.45) is 0 Å². The lowest BCUT2D eigenvalue weighted by Crippen LogP contribution is -2.20. The topological polar surface area (TPSA) is 38.7 Å². The van der Waals surface area contributed by atoms with Crippen molar-refractivity contribution in [3.8, 4) is 11.5 Å². The van der Waals surface area contributed by atoms with Crippen LogP contribution < -0.4 is 9.47 Å². The van der Waals surface area contributed by atoms with E-state index in [1.165, 1.54) is 0 Å². The normalized spacial score (nSPS) is 14.8. The van der Waals surface area contributed by atoms with Gasteiger partial charge in [0.25, 0.3) is 0 Å². The predicted octanol–water partition coefficient (Wildman–Crippen LogP) is 2.63. The third-order valence-corrected chi connectivity index (χ3v) is 3.95. The highest BCUT2D eigenvalue weighted by atomic mass is 32.2. The molecule has 1 aliphatic rings. The van der Waals surface area contributed by atoms with Crippen LogP contribution in [0.3, 0.4) is 0 Å². The summed E-state index contributed by atoms with van der Waals surface area (Å²) in [4.78, 5) is 1.13. The number of ether oxygens (including phenoxy) is 2. The molecule has 0 atom stereocenters. The third-order valence-electron chi connectivity index (χ3n) is 2.61. The first-order chi connectivity index (χ1) is 8.02. The lowest BCUT2D eigenvalue weighted by Gasteiger charge is -2.24. The standard InChI is InChI=1S/C13H18O3S/c1-9-6-10-11(16-5-4-15-10)7-12(9)17-13(2,3)8-14/h6-7,14H,4-5,8H2,1-3H3. The molecule has 2 rings (SSSR count). The van der Waals surface area contributed by atoms with Crippen LogP contribution in [0.4, 0.5) is 0 Å². The van der Waals surface area contributed by atoms with E-state index in [0.29, 0.717) is 13.2 Å². The zero-order valence-corrected chi connectivity index (χ0v) is 11.3. The van der Waals surface area contributed by atoms with Crippen LogP contribution in [0.2, 0.25) is 0 Å². The van der Waals surface area contributed by atoms with Gasteiger partial charge >= 0.3 is 0 Å². The fourth-order valence-corrected chi connectivity index (χ4v) is 2.66. The molecule has 0 amide bonds. The first-order valence-corrected chi connectivity index (χ1v) is 6.53. The van der Waals surface area contributed by atoms with Crippen LogP contribution in [-0.2, 0) is 0 Å². The van der Waals surface area contributed by atoms with Gasteiger partial charge in [-0.05, 0) is 38.5 Å². The summed E-state index contributed by atoms with van der Waals surface area (Å²) < 4.78 is 10.9. The number of aryl methyl sites for hydroxylation is 1. The minimum atomic E-state index is -0.186. The Bertz CT molecular complexity index is 415. The van der Waals surface area contributed by atoms with Crippen LogP contribution >= 0.6 is 11.8 Å². The Morgan fingerprint density at radius 3 is 2.41 bits per heavy atom. The van der Waals surface area contributed by atoms with Gasteiger partial charge in [0.15, 0.2) is 11.5 Å². The van der Waals surface area contributed by atoms with Gasteiger partial charge in [-0.1, -0.05) is 0 Å². The van der Waals surface area contributed by atoms with Gasteiger partial charge in [-0.15, -0.1) is 11.8 Å². The van der Waals surface area contributed by atoms with Gasteiger partial charge in [-0.3, -0.25) is 0 Å². The number of fused-ring (bicyclic) bond motifs is 1. The third kappa shape index (κ3) is 2.87. The van der Waals surface area contributed by atoms with Crippen molar-refractivity contribution in [1.29, 1.82) is 0 Å². The minimum absolute atomic E-state index is 0.144. The van der Waals surface area contributed by atoms with Crippen LogP contribution in [-0.4, -0.2) is 29.7 Å². The highest BCUT2D eigenvalue weighted by Gasteiger charge is 2.21. The second kappa shape index (κ2) is 4.78. The van der Waals surface area contributed by atoms with Crippen molar-refractivity contribution in [1.82, 2.24) is 0 Å². The molecular formula is C13H18O3S. The average molecular weight is 254 g/mol. The van der Waals surface area contributed by atoms with Crippen LogP contribution in [0.25, 0.3) is 0 Å². The molecule has 0 fully saturated rings. The summed E-state index contributed by atoms with van der Waals surface area (Å²) in [7, 11) is 0. The second-order valence-corrected chi connectivity index (χ2v) is 6.53. The van der Waals surface area contributed by atoms with Crippen LogP contribution in [0.1, 0.15) is 19.4 Å². The zero-order valence-electron chi connectivity index (χ0n) is 10.4. The quantitative estimate of drug-likeness (QED) is 0.842. The maximum atomic E-state index is 9.31. The second-order valence-electron chi connectivity index (χ2n) is 4.78. The molecule has 0 unspecified atom stereocenters. The molecule has 0 spiro atoms. The van der Waals surface area contributed by atoms with Gasteiger partial charge in [0.2, 0.25) is 0 Å². The number of benzene rings is 1. The van der Waals surface area contributed by atoms with Gasteiger partial charge in [0, 0.05) is 9.64 Å². The van der Waals surface area contributed by atoms with Gasteiger partial charge in [0.1, 0.15) is 13.2 Å². The molecule has 4 heteroatoms. The van der Waals surface area contributed by atoms with E-state index in [9.17, 15) is 5.11 Å². The lowest BCUT2D eigenvalue weighted by molar-refractivity contribution is 0.171. The van der Waals surface area contributed by atoms with Crippen molar-refractivity contribution in [2.75, 3.05) is 19.8 Å². The molecule has 0 radical (unpaired) electrons. The van der Waals surface area contributed by atoms with Gasteiger partial charge in [-0.25, -0.2) is 0 Å². The number of aliphatic hydroxyl groups excluding tert-OH is 1. The van der Waals surface area contributed by atoms with Crippen molar-refractivity contribution in [3.05, 3.63) is 17.7 Å². The molecule has 1 N–H and O–H groups in total. The van der Waals surface area contributed by atoms with E-state index in [4.69, 9.17) is 9.47 Å². The minimum Gasteiger partial charge on any atom is -0.486 e. The molecule has 17 heavy (non-hydrogen) atoms. The Labute approximate surface area is 106 Å². The predicted molar refractivity (Wildman–Crippen MR) is 69.2 cm³/mol. The highest BCUT2D eigenvalue weighted by molar-refractivity contribution is 8.00. The Balaban J connectivity index is 2.29. The van der Waals surface area contributed by atoms with E-state index < -0.39 is 0 Å². The Hall–Kier alpha value is -0.870. The molecule has 3 nitrogen and oxygen atoms in total. The maximum absolute atomic E-state index is 9.31. The largest absolute Gasteiger partial charge is 0.486 e. The molecule has 1 aromatic carbocycles. The average Bonchev–Trinajstić information content (AvgIpc) is 2.30. The molecule has 1 aliphatic heterocycles.